The maximum Gasteiger partial charge on any atom is 0.331 e. The summed E-state index contributed by atoms with van der Waals surface area (Å²) >= 11 is 0. The molecule has 0 aromatic heterocycles. The summed E-state index contributed by atoms with van der Waals surface area (Å²) in [4.78, 5) is 74.1. The first kappa shape index (κ1) is 42.3. The van der Waals surface area contributed by atoms with Gasteiger partial charge in [-0.15, -0.1) is 0 Å². The molecule has 17 heteroatoms. The van der Waals surface area contributed by atoms with Crippen LogP contribution >= 0.6 is 0 Å². The maximum atomic E-state index is 13.3. The normalized spacial score (nSPS) is 27.6. The van der Waals surface area contributed by atoms with Crippen molar-refractivity contribution in [3.8, 4) is 0 Å². The molecule has 0 aliphatic carbocycles. The lowest BCUT2D eigenvalue weighted by molar-refractivity contribution is -0.384. The van der Waals surface area contributed by atoms with Gasteiger partial charge in [0.1, 0.15) is 44.2 Å². The first-order valence-corrected chi connectivity index (χ1v) is 17.0. The van der Waals surface area contributed by atoms with Gasteiger partial charge in [0, 0.05) is 39.8 Å². The summed E-state index contributed by atoms with van der Waals surface area (Å²) in [5.74, 6) is -7.86. The molecular weight excluding hydrogens is 728 g/mol. The first-order chi connectivity index (χ1) is 26.2. The number of esters is 6. The molecule has 55 heavy (non-hydrogen) atoms. The summed E-state index contributed by atoms with van der Waals surface area (Å²) in [6.07, 6.45) is -8.86. The largest absolute Gasteiger partial charge is 0.463 e. The molecule has 2 saturated heterocycles. The number of hydrogen-bond donors (Lipinski definition) is 2. The smallest absolute Gasteiger partial charge is 0.331 e. The molecule has 2 N–H and O–H groups in total. The number of rotatable bonds is 15. The number of aliphatic hydroxyl groups is 2. The number of carbonyl (C=O) groups is 6. The van der Waals surface area contributed by atoms with E-state index in [0.29, 0.717) is 11.1 Å². The van der Waals surface area contributed by atoms with Gasteiger partial charge in [-0.05, 0) is 23.3 Å². The van der Waals surface area contributed by atoms with Crippen LogP contribution in [-0.2, 0) is 71.4 Å². The molecule has 2 aromatic carbocycles. The average molecular weight is 771 g/mol. The minimum Gasteiger partial charge on any atom is -0.463 e. The molecule has 0 radical (unpaired) electrons. The van der Waals surface area contributed by atoms with Crippen LogP contribution in [0.4, 0.5) is 0 Å². The summed E-state index contributed by atoms with van der Waals surface area (Å²) in [5.41, 5.74) is 1.31. The van der Waals surface area contributed by atoms with Gasteiger partial charge in [0.2, 0.25) is 12.1 Å². The van der Waals surface area contributed by atoms with Crippen molar-refractivity contribution >= 4 is 48.0 Å². The van der Waals surface area contributed by atoms with Crippen molar-refractivity contribution < 1.29 is 81.6 Å². The van der Waals surface area contributed by atoms with E-state index < -0.39 is 110 Å². The fourth-order valence-corrected chi connectivity index (χ4v) is 5.60. The number of aliphatic hydroxyl groups excluding tert-OH is 2. The quantitative estimate of drug-likeness (QED) is 0.148. The van der Waals surface area contributed by atoms with Crippen LogP contribution in [0, 0.1) is 0 Å². The fraction of sp³-hybridized carbons (Fsp3) is 0.421. The summed E-state index contributed by atoms with van der Waals surface area (Å²) in [5, 5.41) is 23.0. The summed E-state index contributed by atoms with van der Waals surface area (Å²) in [7, 11) is 0. The van der Waals surface area contributed by atoms with Gasteiger partial charge in [-0.25, -0.2) is 9.59 Å². The Kier molecular flexibility index (Phi) is 15.2. The van der Waals surface area contributed by atoms with E-state index in [0.717, 1.165) is 39.8 Å². The molecule has 0 bridgehead atoms. The van der Waals surface area contributed by atoms with Crippen molar-refractivity contribution in [3.63, 3.8) is 0 Å². The van der Waals surface area contributed by atoms with Gasteiger partial charge < -0.3 is 52.8 Å². The molecule has 296 valence electrons. The van der Waals surface area contributed by atoms with Crippen LogP contribution in [0.25, 0.3) is 12.2 Å². The molecule has 0 unspecified atom stereocenters. The molecule has 2 aliphatic rings. The Labute approximate surface area is 315 Å². The van der Waals surface area contributed by atoms with E-state index in [9.17, 15) is 39.0 Å². The molecule has 9 atom stereocenters. The minimum atomic E-state index is -2.53. The zero-order valence-corrected chi connectivity index (χ0v) is 30.3. The van der Waals surface area contributed by atoms with Gasteiger partial charge in [-0.2, -0.15) is 0 Å². The van der Waals surface area contributed by atoms with E-state index in [4.69, 9.17) is 42.6 Å². The highest BCUT2D eigenvalue weighted by molar-refractivity contribution is 5.87. The molecule has 0 spiro atoms. The van der Waals surface area contributed by atoms with E-state index >= 15 is 0 Å². The molecule has 0 saturated carbocycles. The Morgan fingerprint density at radius 2 is 1.16 bits per heavy atom. The van der Waals surface area contributed by atoms with E-state index in [1.807, 2.05) is 0 Å². The third-order valence-electron chi connectivity index (χ3n) is 8.00. The van der Waals surface area contributed by atoms with Gasteiger partial charge in [0.15, 0.2) is 18.3 Å². The van der Waals surface area contributed by atoms with Gasteiger partial charge in [0.05, 0.1) is 0 Å². The van der Waals surface area contributed by atoms with Crippen molar-refractivity contribution in [2.24, 2.45) is 0 Å². The van der Waals surface area contributed by atoms with E-state index in [-0.39, 0.29) is 0 Å². The first-order valence-electron chi connectivity index (χ1n) is 17.0. The van der Waals surface area contributed by atoms with Crippen molar-refractivity contribution in [2.45, 2.75) is 82.5 Å². The van der Waals surface area contributed by atoms with Gasteiger partial charge >= 0.3 is 35.8 Å². The van der Waals surface area contributed by atoms with E-state index in [2.05, 4.69) is 0 Å². The van der Waals surface area contributed by atoms with Crippen LogP contribution in [0.2, 0.25) is 0 Å². The van der Waals surface area contributed by atoms with Gasteiger partial charge in [-0.3, -0.25) is 19.2 Å². The lowest BCUT2D eigenvalue weighted by Gasteiger charge is -2.45. The second-order valence-corrected chi connectivity index (χ2v) is 12.3. The maximum absolute atomic E-state index is 13.3. The van der Waals surface area contributed by atoms with Crippen LogP contribution in [0.1, 0.15) is 38.8 Å². The standard InChI is InChI=1S/C38H42O17/c1-22(39)47-20-29-34(50-24(3)41)33(46)35(51-25(4)42)37(52-29)55-38(21-49-23(2)40)36(53-31(44)18-16-27-13-9-6-10-14-27)32(45)28(54-38)19-48-30(43)17-15-26-11-7-5-8-12-26/h5-18,28-29,32-37,45-46H,19-21H2,1-4H3/b17-15+,18-16+/t28-,29-,32-,33+,34-,35-,36+,37+,38+/m1/s1. The third kappa shape index (κ3) is 12.3. The lowest BCUT2D eigenvalue weighted by Crippen LogP contribution is -2.65. The van der Waals surface area contributed by atoms with Gasteiger partial charge in [-0.1, -0.05) is 60.7 Å². The van der Waals surface area contributed by atoms with Crippen molar-refractivity contribution in [3.05, 3.63) is 83.9 Å². The van der Waals surface area contributed by atoms with Crippen molar-refractivity contribution in [1.29, 1.82) is 0 Å². The SMILES string of the molecule is CC(=O)OC[C@H]1O[C@@H](O[C@]2(COC(C)=O)O[C@H](COC(=O)/C=C/c3ccccc3)[C@@H](O)[C@@H]2OC(=O)/C=C/c2ccccc2)[C@H](OC(C)=O)[C@@H](O)[C@@H]1OC(C)=O. The molecule has 2 heterocycles. The monoisotopic (exact) mass is 770 g/mol. The number of hydrogen-bond acceptors (Lipinski definition) is 17. The second-order valence-electron chi connectivity index (χ2n) is 12.3. The van der Waals surface area contributed by atoms with E-state index in [1.54, 1.807) is 60.7 Å². The van der Waals surface area contributed by atoms with Crippen LogP contribution < -0.4 is 0 Å². The summed E-state index contributed by atoms with van der Waals surface area (Å²) in [6, 6.07) is 17.5. The predicted molar refractivity (Wildman–Crippen MR) is 186 cm³/mol. The third-order valence-corrected chi connectivity index (χ3v) is 8.00. The molecule has 0 amide bonds. The highest BCUT2D eigenvalue weighted by atomic mass is 16.8. The predicted octanol–water partition coefficient (Wildman–Crippen LogP) is 1.42. The molecular formula is C38H42O17. The Bertz CT molecular complexity index is 1710. The molecule has 2 aromatic rings. The van der Waals surface area contributed by atoms with Crippen LogP contribution in [0.3, 0.4) is 0 Å². The topological polar surface area (TPSA) is 226 Å². The number of carbonyl (C=O) groups excluding carboxylic acids is 6. The van der Waals surface area contributed by atoms with Crippen molar-refractivity contribution in [1.82, 2.24) is 0 Å². The molecule has 2 aliphatic heterocycles. The summed E-state index contributed by atoms with van der Waals surface area (Å²) < 4.78 is 50.1. The van der Waals surface area contributed by atoms with E-state index in [1.165, 1.54) is 12.2 Å². The average Bonchev–Trinajstić information content (AvgIpc) is 3.39. The zero-order chi connectivity index (χ0) is 40.1. The second kappa shape index (κ2) is 19.7. The van der Waals surface area contributed by atoms with Crippen molar-refractivity contribution in [2.75, 3.05) is 19.8 Å². The Morgan fingerprint density at radius 3 is 1.71 bits per heavy atom. The molecule has 4 rings (SSSR count). The van der Waals surface area contributed by atoms with Crippen LogP contribution in [0.5, 0.6) is 0 Å². The lowest BCUT2D eigenvalue weighted by atomic mass is 9.98. The number of benzene rings is 2. The van der Waals surface area contributed by atoms with Crippen LogP contribution in [0.15, 0.2) is 72.8 Å². The Hall–Kier alpha value is -5.46. The van der Waals surface area contributed by atoms with Crippen LogP contribution in [-0.4, -0.2) is 121 Å². The minimum absolute atomic E-state index is 0.602. The Morgan fingerprint density at radius 1 is 0.636 bits per heavy atom. The summed E-state index contributed by atoms with van der Waals surface area (Å²) in [6.45, 7) is 2.01. The molecule has 17 nitrogen and oxygen atoms in total. The van der Waals surface area contributed by atoms with Gasteiger partial charge in [0.25, 0.3) is 0 Å². The zero-order valence-electron chi connectivity index (χ0n) is 30.3. The molecule has 2 fully saturated rings. The Balaban J connectivity index is 1.71. The number of ether oxygens (including phenoxy) is 9. The highest BCUT2D eigenvalue weighted by Gasteiger charge is 2.63. The highest BCUT2D eigenvalue weighted by Crippen LogP contribution is 2.40. The fourth-order valence-electron chi connectivity index (χ4n) is 5.60.